The zero-order valence-corrected chi connectivity index (χ0v) is 8.73. The number of nitrogens with zero attached hydrogens (tertiary/aromatic N) is 3. The van der Waals surface area contributed by atoms with Gasteiger partial charge in [-0.15, -0.1) is 0 Å². The lowest BCUT2D eigenvalue weighted by Gasteiger charge is -2.36. The quantitative estimate of drug-likeness (QED) is 0.388. The standard InChI is InChI=1S/C8H16N4O2/c1-8(2,3)14-7(13)12-4-6(5-12)10-11-9/h6H,4-5H2,1-3H3,(H2,9,10). The van der Waals surface area contributed by atoms with Crippen molar-refractivity contribution in [3.8, 4) is 0 Å². The van der Waals surface area contributed by atoms with Gasteiger partial charge in [-0.3, -0.25) is 0 Å². The molecule has 0 saturated carbocycles. The molecule has 0 aromatic heterocycles. The van der Waals surface area contributed by atoms with Crippen LogP contribution in [0, 0.1) is 0 Å². The summed E-state index contributed by atoms with van der Waals surface area (Å²) in [6, 6.07) is 0.0347. The summed E-state index contributed by atoms with van der Waals surface area (Å²) in [7, 11) is 0. The van der Waals surface area contributed by atoms with Crippen LogP contribution in [0.25, 0.3) is 0 Å². The largest absolute Gasteiger partial charge is 0.444 e. The van der Waals surface area contributed by atoms with Crippen LogP contribution in [0.1, 0.15) is 20.8 Å². The molecule has 1 fully saturated rings. The Hall–Kier alpha value is -1.33. The minimum absolute atomic E-state index is 0.0347. The van der Waals surface area contributed by atoms with E-state index in [1.807, 2.05) is 20.8 Å². The smallest absolute Gasteiger partial charge is 0.410 e. The molecule has 0 aromatic carbocycles. The molecule has 0 aromatic rings. The predicted molar refractivity (Wildman–Crippen MR) is 50.6 cm³/mol. The summed E-state index contributed by atoms with van der Waals surface area (Å²) < 4.78 is 5.15. The second kappa shape index (κ2) is 3.81. The van der Waals surface area contributed by atoms with Gasteiger partial charge in [-0.25, -0.2) is 4.79 Å². The van der Waals surface area contributed by atoms with Gasteiger partial charge in [-0.1, -0.05) is 5.22 Å². The average molecular weight is 200 g/mol. The molecule has 0 bridgehead atoms. The Balaban J connectivity index is 2.30. The van der Waals surface area contributed by atoms with E-state index in [1.165, 1.54) is 0 Å². The number of hydrogen-bond acceptors (Lipinski definition) is 4. The number of nitrogens with two attached hydrogens (primary N) is 1. The van der Waals surface area contributed by atoms with E-state index in [9.17, 15) is 4.79 Å². The highest BCUT2D eigenvalue weighted by molar-refractivity contribution is 5.69. The number of hydrogen-bond donors (Lipinski definition) is 1. The number of rotatable bonds is 1. The third-order valence-electron chi connectivity index (χ3n) is 1.74. The third kappa shape index (κ3) is 2.86. The summed E-state index contributed by atoms with van der Waals surface area (Å²) in [6.45, 7) is 6.58. The second-order valence-corrected chi connectivity index (χ2v) is 4.27. The Morgan fingerprint density at radius 3 is 2.50 bits per heavy atom. The van der Waals surface area contributed by atoms with Gasteiger partial charge in [0.05, 0.1) is 13.1 Å². The fraction of sp³-hybridized carbons (Fsp3) is 0.875. The van der Waals surface area contributed by atoms with Crippen molar-refractivity contribution in [3.63, 3.8) is 0 Å². The van der Waals surface area contributed by atoms with Crippen LogP contribution in [0.15, 0.2) is 10.3 Å². The number of carbonyl (C=O) groups excluding carboxylic acids is 1. The molecular weight excluding hydrogens is 184 g/mol. The van der Waals surface area contributed by atoms with Crippen LogP contribution >= 0.6 is 0 Å². The molecule has 0 aliphatic carbocycles. The van der Waals surface area contributed by atoms with Crippen molar-refractivity contribution >= 4 is 6.09 Å². The summed E-state index contributed by atoms with van der Waals surface area (Å²) in [5.74, 6) is 4.89. The summed E-state index contributed by atoms with van der Waals surface area (Å²) in [5, 5.41) is 6.88. The van der Waals surface area contributed by atoms with Crippen molar-refractivity contribution in [2.75, 3.05) is 13.1 Å². The highest BCUT2D eigenvalue weighted by atomic mass is 16.6. The molecule has 14 heavy (non-hydrogen) atoms. The first-order chi connectivity index (χ1) is 6.42. The van der Waals surface area contributed by atoms with Gasteiger partial charge in [-0.05, 0) is 20.8 Å². The maximum absolute atomic E-state index is 11.4. The lowest BCUT2D eigenvalue weighted by molar-refractivity contribution is 0.00845. The van der Waals surface area contributed by atoms with Gasteiger partial charge in [0.1, 0.15) is 11.6 Å². The highest BCUT2D eigenvalue weighted by Crippen LogP contribution is 2.16. The number of likely N-dealkylation sites (tertiary alicyclic amines) is 1. The molecule has 80 valence electrons. The van der Waals surface area contributed by atoms with E-state index < -0.39 is 5.60 Å². The Labute approximate surface area is 83.1 Å². The van der Waals surface area contributed by atoms with Crippen LogP contribution < -0.4 is 5.84 Å². The molecule has 1 aliphatic heterocycles. The van der Waals surface area contributed by atoms with Crippen LogP contribution in [-0.2, 0) is 4.74 Å². The van der Waals surface area contributed by atoms with Gasteiger partial charge in [-0.2, -0.15) is 5.11 Å². The van der Waals surface area contributed by atoms with E-state index in [1.54, 1.807) is 4.90 Å². The zero-order valence-electron chi connectivity index (χ0n) is 8.73. The first kappa shape index (κ1) is 10.7. The second-order valence-electron chi connectivity index (χ2n) is 4.27. The van der Waals surface area contributed by atoms with Gasteiger partial charge in [0.2, 0.25) is 0 Å². The summed E-state index contributed by atoms with van der Waals surface area (Å²) >= 11 is 0. The maximum atomic E-state index is 11.4. The van der Waals surface area contributed by atoms with Crippen molar-refractivity contribution in [2.45, 2.75) is 32.4 Å². The van der Waals surface area contributed by atoms with E-state index in [0.29, 0.717) is 13.1 Å². The van der Waals surface area contributed by atoms with Crippen molar-refractivity contribution in [1.29, 1.82) is 0 Å². The van der Waals surface area contributed by atoms with E-state index in [4.69, 9.17) is 10.6 Å². The summed E-state index contributed by atoms with van der Waals surface area (Å²) in [6.07, 6.45) is -0.305. The Morgan fingerprint density at radius 1 is 1.50 bits per heavy atom. The molecule has 2 N–H and O–H groups in total. The number of amides is 1. The van der Waals surface area contributed by atoms with Gasteiger partial charge in [0.15, 0.2) is 0 Å². The van der Waals surface area contributed by atoms with Crippen LogP contribution in [0.5, 0.6) is 0 Å². The van der Waals surface area contributed by atoms with Gasteiger partial charge in [0.25, 0.3) is 0 Å². The maximum Gasteiger partial charge on any atom is 0.410 e. The molecule has 1 aliphatic rings. The van der Waals surface area contributed by atoms with Crippen LogP contribution in [0.2, 0.25) is 0 Å². The van der Waals surface area contributed by atoms with Crippen molar-refractivity contribution in [2.24, 2.45) is 16.2 Å². The van der Waals surface area contributed by atoms with Gasteiger partial charge < -0.3 is 15.5 Å². The zero-order chi connectivity index (χ0) is 10.8. The van der Waals surface area contributed by atoms with E-state index in [0.717, 1.165) is 0 Å². The lowest BCUT2D eigenvalue weighted by atomic mass is 10.1. The normalized spacial score (nSPS) is 18.4. The first-order valence-electron chi connectivity index (χ1n) is 4.50. The van der Waals surface area contributed by atoms with E-state index in [-0.39, 0.29) is 12.1 Å². The lowest BCUT2D eigenvalue weighted by Crippen LogP contribution is -2.54. The molecule has 1 rings (SSSR count). The monoisotopic (exact) mass is 200 g/mol. The molecular formula is C8H16N4O2. The van der Waals surface area contributed by atoms with E-state index in [2.05, 4.69) is 10.3 Å². The Bertz CT molecular complexity index is 240. The molecule has 0 atom stereocenters. The van der Waals surface area contributed by atoms with Crippen LogP contribution in [0.3, 0.4) is 0 Å². The third-order valence-corrected chi connectivity index (χ3v) is 1.74. The van der Waals surface area contributed by atoms with Gasteiger partial charge in [0, 0.05) is 0 Å². The molecule has 0 radical (unpaired) electrons. The molecule has 0 unspecified atom stereocenters. The molecule has 1 heterocycles. The number of carbonyl (C=O) groups is 1. The predicted octanol–water partition coefficient (Wildman–Crippen LogP) is 0.932. The van der Waals surface area contributed by atoms with Gasteiger partial charge >= 0.3 is 6.09 Å². The minimum atomic E-state index is -0.447. The number of ether oxygens (including phenoxy) is 1. The summed E-state index contributed by atoms with van der Waals surface area (Å²) in [5.41, 5.74) is -0.447. The summed E-state index contributed by atoms with van der Waals surface area (Å²) in [4.78, 5) is 13.0. The Kier molecular flexibility index (Phi) is 2.93. The van der Waals surface area contributed by atoms with Crippen LogP contribution in [0.4, 0.5) is 4.79 Å². The molecule has 6 nitrogen and oxygen atoms in total. The molecule has 1 amide bonds. The fourth-order valence-electron chi connectivity index (χ4n) is 1.10. The molecule has 0 spiro atoms. The van der Waals surface area contributed by atoms with Crippen molar-refractivity contribution in [1.82, 2.24) is 4.90 Å². The van der Waals surface area contributed by atoms with E-state index >= 15 is 0 Å². The fourth-order valence-corrected chi connectivity index (χ4v) is 1.10. The SMILES string of the molecule is CC(C)(C)OC(=O)N1CC(N=NN)C1. The van der Waals surface area contributed by atoms with Crippen LogP contribution in [-0.4, -0.2) is 35.7 Å². The molecule has 1 saturated heterocycles. The average Bonchev–Trinajstić information content (AvgIpc) is 1.91. The van der Waals surface area contributed by atoms with Crippen molar-refractivity contribution < 1.29 is 9.53 Å². The molecule has 6 heteroatoms. The Morgan fingerprint density at radius 2 is 2.07 bits per heavy atom. The van der Waals surface area contributed by atoms with Crippen molar-refractivity contribution in [3.05, 3.63) is 0 Å². The minimum Gasteiger partial charge on any atom is -0.444 e. The topological polar surface area (TPSA) is 80.3 Å². The first-order valence-corrected chi connectivity index (χ1v) is 4.50. The highest BCUT2D eigenvalue weighted by Gasteiger charge is 2.33.